The van der Waals surface area contributed by atoms with Crippen LogP contribution in [0.2, 0.25) is 0 Å². The number of aliphatic hydroxyl groups is 1. The Morgan fingerprint density at radius 1 is 0.964 bits per heavy atom. The van der Waals surface area contributed by atoms with Crippen LogP contribution in [0.3, 0.4) is 0 Å². The largest absolute Gasteiger partial charge is 0.486 e. The van der Waals surface area contributed by atoms with E-state index >= 15 is 0 Å². The number of halogens is 1. The number of amides is 1. The Balaban J connectivity index is 1.74. The van der Waals surface area contributed by atoms with Gasteiger partial charge in [0.2, 0.25) is 0 Å². The first-order chi connectivity index (χ1) is 13.6. The molecule has 0 bridgehead atoms. The molecule has 0 aromatic heterocycles. The van der Waals surface area contributed by atoms with Gasteiger partial charge in [0.15, 0.2) is 11.5 Å². The molecule has 6 heteroatoms. The van der Waals surface area contributed by atoms with Crippen molar-refractivity contribution < 1.29 is 19.4 Å². The van der Waals surface area contributed by atoms with E-state index < -0.39 is 6.10 Å². The Morgan fingerprint density at radius 3 is 2.32 bits per heavy atom. The van der Waals surface area contributed by atoms with E-state index in [1.54, 1.807) is 18.2 Å². The third kappa shape index (κ3) is 3.83. The third-order valence-corrected chi connectivity index (χ3v) is 5.43. The van der Waals surface area contributed by atoms with Gasteiger partial charge >= 0.3 is 0 Å². The fourth-order valence-corrected chi connectivity index (χ4v) is 3.72. The molecular weight excluding hydrogens is 469 g/mol. The summed E-state index contributed by atoms with van der Waals surface area (Å²) in [7, 11) is 0. The second-order valence-corrected chi connectivity index (χ2v) is 7.49. The Labute approximate surface area is 176 Å². The van der Waals surface area contributed by atoms with Crippen molar-refractivity contribution in [1.82, 2.24) is 0 Å². The minimum Gasteiger partial charge on any atom is -0.486 e. The number of benzene rings is 3. The zero-order chi connectivity index (χ0) is 19.5. The van der Waals surface area contributed by atoms with Crippen molar-refractivity contribution in [3.8, 4) is 11.5 Å². The molecule has 0 radical (unpaired) electrons. The van der Waals surface area contributed by atoms with Gasteiger partial charge in [-0.15, -0.1) is 0 Å². The van der Waals surface area contributed by atoms with Crippen molar-refractivity contribution in [2.45, 2.75) is 6.10 Å². The molecule has 0 saturated heterocycles. The number of carbonyl (C=O) groups is 1. The van der Waals surface area contributed by atoms with E-state index in [2.05, 4.69) is 27.9 Å². The summed E-state index contributed by atoms with van der Waals surface area (Å²) < 4.78 is 12.2. The average Bonchev–Trinajstić information content (AvgIpc) is 2.73. The number of aliphatic hydroxyl groups excluding tert-OH is 1. The number of anilines is 1. The van der Waals surface area contributed by atoms with Crippen molar-refractivity contribution in [2.24, 2.45) is 0 Å². The summed E-state index contributed by atoms with van der Waals surface area (Å²) in [5.41, 5.74) is 2.34. The van der Waals surface area contributed by atoms with Crippen molar-refractivity contribution in [2.75, 3.05) is 18.5 Å². The van der Waals surface area contributed by atoms with Gasteiger partial charge in [-0.2, -0.15) is 0 Å². The molecule has 0 spiro atoms. The molecule has 1 aliphatic rings. The van der Waals surface area contributed by atoms with Crippen LogP contribution in [-0.4, -0.2) is 24.2 Å². The van der Waals surface area contributed by atoms with Crippen molar-refractivity contribution in [1.29, 1.82) is 0 Å². The SMILES string of the molecule is O=C(Nc1cc2c(cc1[C@H](O)c1ccccc1)OCCO2)c1ccccc1I. The highest BCUT2D eigenvalue weighted by molar-refractivity contribution is 14.1. The van der Waals surface area contributed by atoms with Gasteiger partial charge in [0.25, 0.3) is 5.91 Å². The van der Waals surface area contributed by atoms with Crippen LogP contribution in [0.15, 0.2) is 66.7 Å². The monoisotopic (exact) mass is 487 g/mol. The van der Waals surface area contributed by atoms with E-state index in [0.717, 1.165) is 9.13 Å². The van der Waals surface area contributed by atoms with Gasteiger partial charge in [-0.1, -0.05) is 42.5 Å². The summed E-state index contributed by atoms with van der Waals surface area (Å²) in [4.78, 5) is 12.8. The molecule has 2 N–H and O–H groups in total. The second-order valence-electron chi connectivity index (χ2n) is 6.33. The molecule has 0 fully saturated rings. The normalized spacial score (nSPS) is 13.6. The van der Waals surface area contributed by atoms with Crippen molar-refractivity contribution in [3.63, 3.8) is 0 Å². The van der Waals surface area contributed by atoms with Crippen LogP contribution in [0.5, 0.6) is 11.5 Å². The van der Waals surface area contributed by atoms with Crippen molar-refractivity contribution >= 4 is 34.2 Å². The summed E-state index contributed by atoms with van der Waals surface area (Å²) in [5, 5.41) is 13.9. The van der Waals surface area contributed by atoms with Gasteiger partial charge in [-0.05, 0) is 46.4 Å². The van der Waals surface area contributed by atoms with Crippen LogP contribution < -0.4 is 14.8 Å². The van der Waals surface area contributed by atoms with Crippen LogP contribution in [0.25, 0.3) is 0 Å². The van der Waals surface area contributed by atoms with E-state index in [-0.39, 0.29) is 5.91 Å². The van der Waals surface area contributed by atoms with Crippen LogP contribution in [0.4, 0.5) is 5.69 Å². The molecule has 1 atom stereocenters. The van der Waals surface area contributed by atoms with Crippen LogP contribution >= 0.6 is 22.6 Å². The van der Waals surface area contributed by atoms with Gasteiger partial charge in [0, 0.05) is 15.2 Å². The molecule has 28 heavy (non-hydrogen) atoms. The first-order valence-corrected chi connectivity index (χ1v) is 9.94. The molecule has 1 heterocycles. The lowest BCUT2D eigenvalue weighted by atomic mass is 9.98. The van der Waals surface area contributed by atoms with Gasteiger partial charge in [0.05, 0.1) is 11.3 Å². The number of rotatable bonds is 4. The maximum Gasteiger partial charge on any atom is 0.256 e. The van der Waals surface area contributed by atoms with Gasteiger partial charge in [-0.3, -0.25) is 4.79 Å². The molecule has 0 unspecified atom stereocenters. The molecule has 1 amide bonds. The maximum absolute atomic E-state index is 12.8. The third-order valence-electron chi connectivity index (χ3n) is 4.49. The summed E-state index contributed by atoms with van der Waals surface area (Å²) in [6.45, 7) is 0.888. The first-order valence-electron chi connectivity index (χ1n) is 8.86. The van der Waals surface area contributed by atoms with Crippen LogP contribution in [0.1, 0.15) is 27.6 Å². The topological polar surface area (TPSA) is 67.8 Å². The molecule has 5 nitrogen and oxygen atoms in total. The summed E-state index contributed by atoms with van der Waals surface area (Å²) >= 11 is 2.13. The summed E-state index contributed by atoms with van der Waals surface area (Å²) in [5.74, 6) is 0.861. The highest BCUT2D eigenvalue weighted by Crippen LogP contribution is 2.40. The Kier molecular flexibility index (Phi) is 5.50. The molecule has 3 aromatic rings. The quantitative estimate of drug-likeness (QED) is 0.536. The lowest BCUT2D eigenvalue weighted by Gasteiger charge is -2.23. The zero-order valence-corrected chi connectivity index (χ0v) is 17.0. The minimum absolute atomic E-state index is 0.247. The lowest BCUT2D eigenvalue weighted by molar-refractivity contribution is 0.102. The number of fused-ring (bicyclic) bond motifs is 1. The van der Waals surface area contributed by atoms with Crippen molar-refractivity contribution in [3.05, 3.63) is 87.0 Å². The predicted octanol–water partition coefficient (Wildman–Crippen LogP) is 4.40. The Bertz CT molecular complexity index is 1010. The molecule has 1 aliphatic heterocycles. The zero-order valence-electron chi connectivity index (χ0n) is 14.9. The molecule has 0 saturated carbocycles. The number of ether oxygens (including phenoxy) is 2. The second kappa shape index (κ2) is 8.20. The first kappa shape index (κ1) is 18.8. The van der Waals surface area contributed by atoms with Crippen LogP contribution in [0, 0.1) is 3.57 Å². The van der Waals surface area contributed by atoms with Gasteiger partial charge in [0.1, 0.15) is 19.3 Å². The van der Waals surface area contributed by atoms with E-state index in [1.165, 1.54) is 0 Å². The maximum atomic E-state index is 12.8. The van der Waals surface area contributed by atoms with Gasteiger partial charge < -0.3 is 19.9 Å². The number of hydrogen-bond acceptors (Lipinski definition) is 4. The highest BCUT2D eigenvalue weighted by Gasteiger charge is 2.23. The molecule has 4 rings (SSSR count). The highest BCUT2D eigenvalue weighted by atomic mass is 127. The number of carbonyl (C=O) groups excluding carboxylic acids is 1. The molecule has 3 aromatic carbocycles. The molecule has 142 valence electrons. The number of nitrogens with one attached hydrogen (secondary N) is 1. The Hall–Kier alpha value is -2.58. The standard InChI is InChI=1S/C22H18INO4/c23-17-9-5-4-8-15(17)22(26)24-18-13-20-19(27-10-11-28-20)12-16(18)21(25)14-6-2-1-3-7-14/h1-9,12-13,21,25H,10-11H2,(H,24,26)/t21-/m1/s1. The fourth-order valence-electron chi connectivity index (χ4n) is 3.09. The average molecular weight is 487 g/mol. The molecule has 0 aliphatic carbocycles. The van der Waals surface area contributed by atoms with Crippen LogP contribution in [-0.2, 0) is 0 Å². The van der Waals surface area contributed by atoms with E-state index in [0.29, 0.717) is 41.5 Å². The summed E-state index contributed by atoms with van der Waals surface area (Å²) in [6.07, 6.45) is -0.915. The smallest absolute Gasteiger partial charge is 0.256 e. The molecular formula is C22H18INO4. The minimum atomic E-state index is -0.915. The van der Waals surface area contributed by atoms with E-state index in [4.69, 9.17) is 9.47 Å². The fraction of sp³-hybridized carbons (Fsp3) is 0.136. The number of hydrogen-bond donors (Lipinski definition) is 2. The van der Waals surface area contributed by atoms with E-state index in [9.17, 15) is 9.90 Å². The lowest BCUT2D eigenvalue weighted by Crippen LogP contribution is -2.19. The predicted molar refractivity (Wildman–Crippen MR) is 115 cm³/mol. The van der Waals surface area contributed by atoms with Gasteiger partial charge in [-0.25, -0.2) is 0 Å². The van der Waals surface area contributed by atoms with E-state index in [1.807, 2.05) is 48.5 Å². The summed E-state index contributed by atoms with van der Waals surface area (Å²) in [6, 6.07) is 20.1. The Morgan fingerprint density at radius 2 is 1.61 bits per heavy atom.